The molecule has 108 valence electrons. The fourth-order valence-electron chi connectivity index (χ4n) is 2.29. The smallest absolute Gasteiger partial charge is 0.146 e. The summed E-state index contributed by atoms with van der Waals surface area (Å²) < 4.78 is 0. The van der Waals surface area contributed by atoms with Crippen LogP contribution in [-0.4, -0.2) is 28.1 Å². The van der Waals surface area contributed by atoms with Crippen molar-refractivity contribution in [2.24, 2.45) is 10.8 Å². The highest BCUT2D eigenvalue weighted by atomic mass is 16.3. The van der Waals surface area contributed by atoms with Crippen LogP contribution >= 0.6 is 0 Å². The van der Waals surface area contributed by atoms with Crippen molar-refractivity contribution in [3.8, 4) is 0 Å². The van der Waals surface area contributed by atoms with Gasteiger partial charge in [-0.15, -0.1) is 0 Å². The van der Waals surface area contributed by atoms with E-state index in [0.717, 1.165) is 0 Å². The van der Waals surface area contributed by atoms with Crippen molar-refractivity contribution in [2.45, 2.75) is 65.9 Å². The van der Waals surface area contributed by atoms with Gasteiger partial charge in [0.1, 0.15) is 17.3 Å². The maximum Gasteiger partial charge on any atom is 0.146 e. The van der Waals surface area contributed by atoms with Crippen LogP contribution in [0.25, 0.3) is 0 Å². The molecule has 2 fully saturated rings. The Bertz CT molecular complexity index is 398. The van der Waals surface area contributed by atoms with Gasteiger partial charge in [0, 0.05) is 19.3 Å². The Kier molecular flexibility index (Phi) is 4.06. The van der Waals surface area contributed by atoms with Crippen molar-refractivity contribution in [3.05, 3.63) is 0 Å². The summed E-state index contributed by atoms with van der Waals surface area (Å²) in [6, 6.07) is 0. The number of carbonyl (C=O) groups excluding carboxylic acids is 3. The Balaban J connectivity index is 0.000000191. The van der Waals surface area contributed by atoms with Crippen LogP contribution in [0.15, 0.2) is 0 Å². The quantitative estimate of drug-likeness (QED) is 0.683. The van der Waals surface area contributed by atoms with E-state index in [1.54, 1.807) is 20.8 Å². The molecule has 0 aliphatic heterocycles. The van der Waals surface area contributed by atoms with Gasteiger partial charge in [-0.25, -0.2) is 0 Å². The molecule has 0 aromatic carbocycles. The van der Waals surface area contributed by atoms with Gasteiger partial charge in [-0.05, 0) is 27.2 Å². The summed E-state index contributed by atoms with van der Waals surface area (Å²) in [5.74, 6) is 0.359. The van der Waals surface area contributed by atoms with E-state index in [-0.39, 0.29) is 17.3 Å². The summed E-state index contributed by atoms with van der Waals surface area (Å²) >= 11 is 0. The molecular weight excluding hydrogens is 244 g/mol. The van der Waals surface area contributed by atoms with E-state index < -0.39 is 16.4 Å². The molecule has 2 rings (SSSR count). The van der Waals surface area contributed by atoms with Crippen LogP contribution in [0.5, 0.6) is 0 Å². The van der Waals surface area contributed by atoms with Gasteiger partial charge in [-0.1, -0.05) is 13.8 Å². The van der Waals surface area contributed by atoms with E-state index in [1.807, 2.05) is 13.8 Å². The van der Waals surface area contributed by atoms with Crippen molar-refractivity contribution >= 4 is 17.3 Å². The monoisotopic (exact) mass is 268 g/mol. The van der Waals surface area contributed by atoms with Crippen LogP contribution in [0.1, 0.15) is 60.3 Å². The summed E-state index contributed by atoms with van der Waals surface area (Å²) in [5.41, 5.74) is -1.99. The molecule has 2 saturated carbocycles. The SMILES string of the molecule is CC1(C)C(=O)CCC1=O.CC1(O)CCC(=O)C1(C)C. The zero-order chi connectivity index (χ0) is 15.1. The predicted octanol–water partition coefficient (Wildman–Crippen LogP) is 2.07. The zero-order valence-corrected chi connectivity index (χ0v) is 12.5. The van der Waals surface area contributed by atoms with Gasteiger partial charge in [0.25, 0.3) is 0 Å². The molecule has 4 heteroatoms. The Labute approximate surface area is 114 Å². The van der Waals surface area contributed by atoms with E-state index >= 15 is 0 Å². The summed E-state index contributed by atoms with van der Waals surface area (Å²) in [7, 11) is 0. The number of hydrogen-bond donors (Lipinski definition) is 1. The normalized spacial score (nSPS) is 32.2. The molecule has 0 bridgehead atoms. The summed E-state index contributed by atoms with van der Waals surface area (Å²) in [6.07, 6.45) is 2.04. The van der Waals surface area contributed by atoms with E-state index in [2.05, 4.69) is 0 Å². The number of rotatable bonds is 0. The minimum absolute atomic E-state index is 0.0903. The van der Waals surface area contributed by atoms with Crippen molar-refractivity contribution in [1.82, 2.24) is 0 Å². The van der Waals surface area contributed by atoms with E-state index in [0.29, 0.717) is 25.7 Å². The van der Waals surface area contributed by atoms with E-state index in [1.165, 1.54) is 0 Å². The standard InChI is InChI=1S/C8H14O2.C7H10O2/c1-7(2)6(9)4-5-8(7,3)10;1-7(2)5(8)3-4-6(7)9/h10H,4-5H2,1-3H3;3-4H2,1-2H3. The van der Waals surface area contributed by atoms with Crippen LogP contribution < -0.4 is 0 Å². The lowest BCUT2D eigenvalue weighted by molar-refractivity contribution is -0.133. The number of ketones is 3. The van der Waals surface area contributed by atoms with Crippen LogP contribution in [0, 0.1) is 10.8 Å². The number of carbonyl (C=O) groups is 3. The first-order chi connectivity index (χ1) is 8.43. The zero-order valence-electron chi connectivity index (χ0n) is 12.5. The molecule has 0 spiro atoms. The fraction of sp³-hybridized carbons (Fsp3) is 0.800. The molecular formula is C15H24O4. The molecule has 1 N–H and O–H groups in total. The molecule has 0 heterocycles. The lowest BCUT2D eigenvalue weighted by atomic mass is 9.79. The molecule has 1 atom stereocenters. The van der Waals surface area contributed by atoms with E-state index in [4.69, 9.17) is 0 Å². The Morgan fingerprint density at radius 3 is 1.32 bits per heavy atom. The van der Waals surface area contributed by atoms with Gasteiger partial charge in [0.15, 0.2) is 0 Å². The van der Waals surface area contributed by atoms with Crippen molar-refractivity contribution in [3.63, 3.8) is 0 Å². The third-order valence-electron chi connectivity index (χ3n) is 4.86. The van der Waals surface area contributed by atoms with Gasteiger partial charge in [0.05, 0.1) is 16.4 Å². The first-order valence-corrected chi connectivity index (χ1v) is 6.75. The predicted molar refractivity (Wildman–Crippen MR) is 71.7 cm³/mol. The molecule has 1 unspecified atom stereocenters. The van der Waals surface area contributed by atoms with Crippen molar-refractivity contribution in [1.29, 1.82) is 0 Å². The molecule has 0 radical (unpaired) electrons. The molecule has 19 heavy (non-hydrogen) atoms. The largest absolute Gasteiger partial charge is 0.389 e. The molecule has 2 aliphatic rings. The van der Waals surface area contributed by atoms with Crippen LogP contribution in [0.4, 0.5) is 0 Å². The second-order valence-corrected chi connectivity index (χ2v) is 6.79. The van der Waals surface area contributed by atoms with Crippen LogP contribution in [-0.2, 0) is 14.4 Å². The summed E-state index contributed by atoms with van der Waals surface area (Å²) in [4.78, 5) is 32.9. The van der Waals surface area contributed by atoms with Gasteiger partial charge in [-0.3, -0.25) is 14.4 Å². The average Bonchev–Trinajstić information content (AvgIpc) is 2.62. The average molecular weight is 268 g/mol. The van der Waals surface area contributed by atoms with Crippen molar-refractivity contribution in [2.75, 3.05) is 0 Å². The molecule has 0 aromatic rings. The Morgan fingerprint density at radius 1 is 0.789 bits per heavy atom. The fourth-order valence-corrected chi connectivity index (χ4v) is 2.29. The molecule has 0 saturated heterocycles. The second kappa shape index (κ2) is 4.82. The first kappa shape index (κ1) is 16.0. The third-order valence-corrected chi connectivity index (χ3v) is 4.86. The maximum absolute atomic E-state index is 11.2. The van der Waals surface area contributed by atoms with Gasteiger partial charge >= 0.3 is 0 Å². The lowest BCUT2D eigenvalue weighted by Gasteiger charge is -2.31. The maximum atomic E-state index is 11.2. The van der Waals surface area contributed by atoms with Crippen LogP contribution in [0.3, 0.4) is 0 Å². The Hall–Kier alpha value is -1.03. The lowest BCUT2D eigenvalue weighted by Crippen LogP contribution is -2.40. The molecule has 0 amide bonds. The van der Waals surface area contributed by atoms with Gasteiger partial charge in [0.2, 0.25) is 0 Å². The molecule has 4 nitrogen and oxygen atoms in total. The Morgan fingerprint density at radius 2 is 1.21 bits per heavy atom. The van der Waals surface area contributed by atoms with Crippen LogP contribution in [0.2, 0.25) is 0 Å². The highest BCUT2D eigenvalue weighted by Gasteiger charge is 2.49. The van der Waals surface area contributed by atoms with Gasteiger partial charge in [-0.2, -0.15) is 0 Å². The topological polar surface area (TPSA) is 71.4 Å². The summed E-state index contributed by atoms with van der Waals surface area (Å²) in [6.45, 7) is 8.75. The minimum Gasteiger partial charge on any atom is -0.389 e. The van der Waals surface area contributed by atoms with Crippen molar-refractivity contribution < 1.29 is 19.5 Å². The third kappa shape index (κ3) is 2.78. The highest BCUT2D eigenvalue weighted by molar-refractivity contribution is 6.12. The number of hydrogen-bond acceptors (Lipinski definition) is 4. The first-order valence-electron chi connectivity index (χ1n) is 6.75. The molecule has 0 aromatic heterocycles. The molecule has 2 aliphatic carbocycles. The summed E-state index contributed by atoms with van der Waals surface area (Å²) in [5, 5.41) is 9.67. The number of Topliss-reactive ketones (excluding diaryl/α,β-unsaturated/α-hetero) is 3. The van der Waals surface area contributed by atoms with E-state index in [9.17, 15) is 19.5 Å². The van der Waals surface area contributed by atoms with Gasteiger partial charge < -0.3 is 5.11 Å². The highest BCUT2D eigenvalue weighted by Crippen LogP contribution is 2.42. The second-order valence-electron chi connectivity index (χ2n) is 6.79. The number of aliphatic hydroxyl groups is 1. The minimum atomic E-state index is -0.788.